The predicted octanol–water partition coefficient (Wildman–Crippen LogP) is 3.92. The number of halogens is 1. The third-order valence-electron chi connectivity index (χ3n) is 2.87. The summed E-state index contributed by atoms with van der Waals surface area (Å²) in [5.41, 5.74) is 1.93. The highest BCUT2D eigenvalue weighted by Gasteiger charge is 2.11. The van der Waals surface area contributed by atoms with Crippen LogP contribution in [0.4, 0.5) is 5.69 Å². The van der Waals surface area contributed by atoms with Gasteiger partial charge in [-0.1, -0.05) is 23.7 Å². The molecular formula is C14H16ClNOS. The minimum absolute atomic E-state index is 0.0352. The van der Waals surface area contributed by atoms with Crippen molar-refractivity contribution in [3.05, 3.63) is 51.2 Å². The normalized spacial score (nSPS) is 10.6. The summed E-state index contributed by atoms with van der Waals surface area (Å²) in [5.74, 6) is 0. The van der Waals surface area contributed by atoms with E-state index < -0.39 is 0 Å². The molecule has 2 nitrogen and oxygen atoms in total. The number of nitrogens with zero attached hydrogens (tertiary/aromatic N) is 1. The highest BCUT2D eigenvalue weighted by Crippen LogP contribution is 2.27. The first-order valence-corrected chi connectivity index (χ1v) is 7.17. The van der Waals surface area contributed by atoms with Gasteiger partial charge < -0.3 is 10.0 Å². The zero-order chi connectivity index (χ0) is 13.0. The molecular weight excluding hydrogens is 266 g/mol. The summed E-state index contributed by atoms with van der Waals surface area (Å²) >= 11 is 7.79. The molecule has 0 amide bonds. The lowest BCUT2D eigenvalue weighted by atomic mass is 10.1. The minimum atomic E-state index is 0.0352. The number of rotatable bonds is 5. The van der Waals surface area contributed by atoms with Gasteiger partial charge in [-0.25, -0.2) is 0 Å². The average molecular weight is 282 g/mol. The largest absolute Gasteiger partial charge is 0.392 e. The summed E-state index contributed by atoms with van der Waals surface area (Å²) < 4.78 is 0. The third kappa shape index (κ3) is 3.05. The molecule has 0 bridgehead atoms. The standard InChI is InChI=1S/C14H16ClNOS/c1-2-16(9-13-4-3-7-18-13)14-8-12(15)6-5-11(14)10-17/h3-8,17H,2,9-10H2,1H3. The van der Waals surface area contributed by atoms with Crippen LogP contribution in [0.5, 0.6) is 0 Å². The summed E-state index contributed by atoms with van der Waals surface area (Å²) in [4.78, 5) is 3.53. The van der Waals surface area contributed by atoms with Crippen molar-refractivity contribution in [2.45, 2.75) is 20.1 Å². The Morgan fingerprint density at radius 1 is 1.33 bits per heavy atom. The number of aliphatic hydroxyl groups excluding tert-OH is 1. The summed E-state index contributed by atoms with van der Waals surface area (Å²) in [6.45, 7) is 3.87. The van der Waals surface area contributed by atoms with Crippen LogP contribution in [0.1, 0.15) is 17.4 Å². The summed E-state index contributed by atoms with van der Waals surface area (Å²) in [6.07, 6.45) is 0. The SMILES string of the molecule is CCN(Cc1cccs1)c1cc(Cl)ccc1CO. The van der Waals surface area contributed by atoms with Gasteiger partial charge in [0.1, 0.15) is 0 Å². The molecule has 1 aromatic heterocycles. The van der Waals surface area contributed by atoms with E-state index in [0.717, 1.165) is 24.3 Å². The predicted molar refractivity (Wildman–Crippen MR) is 78.4 cm³/mol. The number of aliphatic hydroxyl groups is 1. The molecule has 0 unspecified atom stereocenters. The van der Waals surface area contributed by atoms with Crippen molar-refractivity contribution >= 4 is 28.6 Å². The second-order valence-electron chi connectivity index (χ2n) is 4.02. The minimum Gasteiger partial charge on any atom is -0.392 e. The van der Waals surface area contributed by atoms with Crippen LogP contribution in [0.2, 0.25) is 5.02 Å². The second kappa shape index (κ2) is 6.23. The van der Waals surface area contributed by atoms with Gasteiger partial charge in [-0.15, -0.1) is 11.3 Å². The maximum atomic E-state index is 9.41. The van der Waals surface area contributed by atoms with Gasteiger partial charge in [0.2, 0.25) is 0 Å². The highest BCUT2D eigenvalue weighted by molar-refractivity contribution is 7.09. The van der Waals surface area contributed by atoms with Gasteiger partial charge in [0.25, 0.3) is 0 Å². The molecule has 0 radical (unpaired) electrons. The molecule has 0 saturated heterocycles. The lowest BCUT2D eigenvalue weighted by Crippen LogP contribution is -2.22. The molecule has 0 spiro atoms. The van der Waals surface area contributed by atoms with Gasteiger partial charge in [-0.3, -0.25) is 0 Å². The lowest BCUT2D eigenvalue weighted by Gasteiger charge is -2.25. The summed E-state index contributed by atoms with van der Waals surface area (Å²) in [7, 11) is 0. The molecule has 0 atom stereocenters. The molecule has 0 fully saturated rings. The zero-order valence-corrected chi connectivity index (χ0v) is 11.8. The van der Waals surface area contributed by atoms with Crippen LogP contribution in [-0.4, -0.2) is 11.7 Å². The number of hydrogen-bond donors (Lipinski definition) is 1. The molecule has 0 saturated carbocycles. The Balaban J connectivity index is 2.28. The summed E-state index contributed by atoms with van der Waals surface area (Å²) in [6, 6.07) is 9.80. The van der Waals surface area contributed by atoms with Gasteiger partial charge in [0, 0.05) is 27.7 Å². The number of anilines is 1. The highest BCUT2D eigenvalue weighted by atomic mass is 35.5. The number of hydrogen-bond acceptors (Lipinski definition) is 3. The molecule has 4 heteroatoms. The van der Waals surface area contributed by atoms with Crippen LogP contribution in [0.25, 0.3) is 0 Å². The fraction of sp³-hybridized carbons (Fsp3) is 0.286. The zero-order valence-electron chi connectivity index (χ0n) is 10.3. The van der Waals surface area contributed by atoms with Crippen molar-refractivity contribution in [3.63, 3.8) is 0 Å². The van der Waals surface area contributed by atoms with E-state index in [0.29, 0.717) is 5.02 Å². The van der Waals surface area contributed by atoms with Crippen molar-refractivity contribution in [2.24, 2.45) is 0 Å². The van der Waals surface area contributed by atoms with Crippen LogP contribution in [0.15, 0.2) is 35.7 Å². The molecule has 0 aliphatic heterocycles. The van der Waals surface area contributed by atoms with E-state index in [1.807, 2.05) is 18.2 Å². The van der Waals surface area contributed by atoms with E-state index in [4.69, 9.17) is 11.6 Å². The van der Waals surface area contributed by atoms with Gasteiger partial charge in [0.15, 0.2) is 0 Å². The Labute approximate surface area is 116 Å². The van der Waals surface area contributed by atoms with Crippen molar-refractivity contribution < 1.29 is 5.11 Å². The first kappa shape index (κ1) is 13.4. The van der Waals surface area contributed by atoms with Crippen LogP contribution in [0, 0.1) is 0 Å². The van der Waals surface area contributed by atoms with Crippen LogP contribution >= 0.6 is 22.9 Å². The van der Waals surface area contributed by atoms with Crippen molar-refractivity contribution in [2.75, 3.05) is 11.4 Å². The molecule has 2 rings (SSSR count). The summed E-state index contributed by atoms with van der Waals surface area (Å²) in [5, 5.41) is 12.2. The van der Waals surface area contributed by atoms with Crippen molar-refractivity contribution in [1.82, 2.24) is 0 Å². The molecule has 0 aliphatic rings. The molecule has 96 valence electrons. The number of thiophene rings is 1. The monoisotopic (exact) mass is 281 g/mol. The van der Waals surface area contributed by atoms with Gasteiger partial charge in [-0.2, -0.15) is 0 Å². The van der Waals surface area contributed by atoms with Gasteiger partial charge in [0.05, 0.1) is 13.2 Å². The van der Waals surface area contributed by atoms with Gasteiger partial charge >= 0.3 is 0 Å². The lowest BCUT2D eigenvalue weighted by molar-refractivity contribution is 0.282. The first-order chi connectivity index (χ1) is 8.74. The fourth-order valence-electron chi connectivity index (χ4n) is 1.92. The van der Waals surface area contributed by atoms with E-state index >= 15 is 0 Å². The van der Waals surface area contributed by atoms with E-state index in [-0.39, 0.29) is 6.61 Å². The maximum Gasteiger partial charge on any atom is 0.0702 e. The second-order valence-corrected chi connectivity index (χ2v) is 5.49. The Morgan fingerprint density at radius 3 is 2.78 bits per heavy atom. The van der Waals surface area contributed by atoms with Crippen LogP contribution in [-0.2, 0) is 13.2 Å². The average Bonchev–Trinajstić information content (AvgIpc) is 2.88. The molecule has 1 heterocycles. The van der Waals surface area contributed by atoms with E-state index in [1.165, 1.54) is 4.88 Å². The van der Waals surface area contributed by atoms with Gasteiger partial charge in [-0.05, 0) is 30.5 Å². The Bertz CT molecular complexity index is 499. The molecule has 2 aromatic rings. The van der Waals surface area contributed by atoms with Crippen molar-refractivity contribution in [1.29, 1.82) is 0 Å². The van der Waals surface area contributed by atoms with Crippen LogP contribution in [0.3, 0.4) is 0 Å². The quantitative estimate of drug-likeness (QED) is 0.898. The third-order valence-corrected chi connectivity index (χ3v) is 3.96. The molecule has 1 N–H and O–H groups in total. The molecule has 1 aromatic carbocycles. The van der Waals surface area contributed by atoms with E-state index in [1.54, 1.807) is 11.3 Å². The molecule has 0 aliphatic carbocycles. The first-order valence-electron chi connectivity index (χ1n) is 5.91. The Kier molecular flexibility index (Phi) is 4.64. The van der Waals surface area contributed by atoms with Crippen molar-refractivity contribution in [3.8, 4) is 0 Å². The Hall–Kier alpha value is -1.03. The topological polar surface area (TPSA) is 23.5 Å². The maximum absolute atomic E-state index is 9.41. The van der Waals surface area contributed by atoms with E-state index in [9.17, 15) is 5.11 Å². The Morgan fingerprint density at radius 2 is 2.17 bits per heavy atom. The fourth-order valence-corrected chi connectivity index (χ4v) is 2.81. The molecule has 18 heavy (non-hydrogen) atoms. The smallest absolute Gasteiger partial charge is 0.0702 e. The van der Waals surface area contributed by atoms with Crippen LogP contribution < -0.4 is 4.90 Å². The van der Waals surface area contributed by atoms with E-state index in [2.05, 4.69) is 29.3 Å². The number of benzene rings is 1.